The number of carbonyl (C=O) groups is 2. The van der Waals surface area contributed by atoms with Crippen molar-refractivity contribution >= 4 is 35.1 Å². The van der Waals surface area contributed by atoms with Gasteiger partial charge in [0.15, 0.2) is 0 Å². The Morgan fingerprint density at radius 2 is 1.20 bits per heavy atom. The Labute approximate surface area is 191 Å². The fourth-order valence-electron chi connectivity index (χ4n) is 3.17. The number of esters is 2. The lowest BCUT2D eigenvalue weighted by Gasteiger charge is -2.06. The molecular weight excluding hydrogens is 423 g/mol. The van der Waals surface area contributed by atoms with E-state index in [0.717, 1.165) is 12.8 Å². The second-order valence-electron chi connectivity index (χ2n) is 7.69. The third-order valence-electron chi connectivity index (χ3n) is 4.84. The van der Waals surface area contributed by atoms with Gasteiger partial charge in [-0.15, -0.1) is 0 Å². The van der Waals surface area contributed by atoms with Gasteiger partial charge in [-0.3, -0.25) is 9.59 Å². The minimum atomic E-state index is -0.425. The first kappa shape index (κ1) is 26.8. The lowest BCUT2D eigenvalue weighted by atomic mass is 10.1. The second-order valence-corrected chi connectivity index (χ2v) is 8.56. The zero-order valence-electron chi connectivity index (χ0n) is 18.2. The van der Waals surface area contributed by atoms with E-state index in [1.165, 1.54) is 69.9 Å². The van der Waals surface area contributed by atoms with Gasteiger partial charge in [0.1, 0.15) is 5.75 Å². The van der Waals surface area contributed by atoms with E-state index in [0.29, 0.717) is 28.8 Å². The van der Waals surface area contributed by atoms with E-state index in [4.69, 9.17) is 32.7 Å². The van der Waals surface area contributed by atoms with Crippen molar-refractivity contribution in [2.24, 2.45) is 0 Å². The van der Waals surface area contributed by atoms with Crippen molar-refractivity contribution in [2.45, 2.75) is 96.8 Å². The molecule has 0 aliphatic rings. The van der Waals surface area contributed by atoms with E-state index in [1.54, 1.807) is 6.07 Å². The number of rotatable bonds is 17. The quantitative estimate of drug-likeness (QED) is 0.135. The van der Waals surface area contributed by atoms with Gasteiger partial charge >= 0.3 is 11.9 Å². The molecule has 0 aliphatic heterocycles. The van der Waals surface area contributed by atoms with Gasteiger partial charge in [0.05, 0.1) is 6.61 Å². The molecule has 4 nitrogen and oxygen atoms in total. The zero-order chi connectivity index (χ0) is 22.0. The number of hydrogen-bond acceptors (Lipinski definition) is 4. The Bertz CT molecular complexity index is 599. The molecule has 0 spiro atoms. The molecule has 0 heterocycles. The number of hydrogen-bond donors (Lipinski definition) is 0. The van der Waals surface area contributed by atoms with Crippen LogP contribution in [-0.2, 0) is 14.3 Å². The first-order chi connectivity index (χ1) is 14.5. The maximum Gasteiger partial charge on any atom is 0.311 e. The van der Waals surface area contributed by atoms with Gasteiger partial charge in [0.25, 0.3) is 0 Å². The Hall–Kier alpha value is -1.26. The molecule has 6 heteroatoms. The van der Waals surface area contributed by atoms with Crippen molar-refractivity contribution in [2.75, 3.05) is 6.61 Å². The molecule has 0 saturated heterocycles. The van der Waals surface area contributed by atoms with E-state index < -0.39 is 5.97 Å². The molecule has 0 bridgehead atoms. The molecule has 0 saturated carbocycles. The van der Waals surface area contributed by atoms with E-state index in [2.05, 4.69) is 6.92 Å². The normalized spacial score (nSPS) is 10.8. The summed E-state index contributed by atoms with van der Waals surface area (Å²) in [5, 5.41) is 0.799. The first-order valence-corrected chi connectivity index (χ1v) is 12.1. The smallest absolute Gasteiger partial charge is 0.311 e. The monoisotopic (exact) mass is 458 g/mol. The zero-order valence-corrected chi connectivity index (χ0v) is 19.7. The lowest BCUT2D eigenvalue weighted by Crippen LogP contribution is -2.10. The van der Waals surface area contributed by atoms with Gasteiger partial charge in [-0.05, 0) is 31.0 Å². The van der Waals surface area contributed by atoms with Crippen molar-refractivity contribution in [1.82, 2.24) is 0 Å². The molecule has 1 aromatic carbocycles. The number of carbonyl (C=O) groups excluding carboxylic acids is 2. The lowest BCUT2D eigenvalue weighted by molar-refractivity contribution is -0.144. The van der Waals surface area contributed by atoms with Crippen LogP contribution in [0.25, 0.3) is 0 Å². The average Bonchev–Trinajstić information content (AvgIpc) is 2.68. The molecule has 0 aliphatic carbocycles. The highest BCUT2D eigenvalue weighted by Crippen LogP contribution is 2.24. The first-order valence-electron chi connectivity index (χ1n) is 11.3. The van der Waals surface area contributed by atoms with Crippen LogP contribution in [0.4, 0.5) is 0 Å². The van der Waals surface area contributed by atoms with Crippen molar-refractivity contribution in [3.05, 3.63) is 28.2 Å². The summed E-state index contributed by atoms with van der Waals surface area (Å²) in [5.74, 6) is -0.385. The highest BCUT2D eigenvalue weighted by atomic mass is 35.5. The number of halogens is 2. The summed E-state index contributed by atoms with van der Waals surface area (Å²) in [6, 6.07) is 4.60. The van der Waals surface area contributed by atoms with E-state index in [1.807, 2.05) is 0 Å². The Morgan fingerprint density at radius 1 is 0.700 bits per heavy atom. The van der Waals surface area contributed by atoms with Gasteiger partial charge in [-0.25, -0.2) is 0 Å². The molecule has 1 rings (SSSR count). The summed E-state index contributed by atoms with van der Waals surface area (Å²) in [6.07, 6.45) is 14.6. The van der Waals surface area contributed by atoms with Crippen molar-refractivity contribution < 1.29 is 19.1 Å². The molecule has 30 heavy (non-hydrogen) atoms. The van der Waals surface area contributed by atoms with Crippen molar-refractivity contribution in [3.8, 4) is 5.75 Å². The van der Waals surface area contributed by atoms with Gasteiger partial charge in [0, 0.05) is 22.9 Å². The van der Waals surface area contributed by atoms with Crippen LogP contribution in [0.1, 0.15) is 96.8 Å². The second kappa shape index (κ2) is 17.4. The van der Waals surface area contributed by atoms with Crippen LogP contribution in [0.2, 0.25) is 10.0 Å². The highest BCUT2D eigenvalue weighted by molar-refractivity contribution is 6.34. The van der Waals surface area contributed by atoms with Crippen LogP contribution in [0.15, 0.2) is 18.2 Å². The average molecular weight is 459 g/mol. The van der Waals surface area contributed by atoms with Crippen LogP contribution in [0.5, 0.6) is 5.75 Å². The minimum Gasteiger partial charge on any atom is -0.466 e. The highest BCUT2D eigenvalue weighted by Gasteiger charge is 2.09. The molecule has 0 atom stereocenters. The van der Waals surface area contributed by atoms with E-state index in [9.17, 15) is 9.59 Å². The predicted octanol–water partition coefficient (Wildman–Crippen LogP) is 7.92. The van der Waals surface area contributed by atoms with Crippen LogP contribution < -0.4 is 4.74 Å². The van der Waals surface area contributed by atoms with Crippen LogP contribution >= 0.6 is 23.2 Å². The number of benzene rings is 1. The molecule has 0 unspecified atom stereocenters. The summed E-state index contributed by atoms with van der Waals surface area (Å²) in [4.78, 5) is 23.6. The van der Waals surface area contributed by atoms with Crippen LogP contribution in [-0.4, -0.2) is 18.5 Å². The Morgan fingerprint density at radius 3 is 1.77 bits per heavy atom. The van der Waals surface area contributed by atoms with Crippen LogP contribution in [0.3, 0.4) is 0 Å². The molecule has 0 fully saturated rings. The summed E-state index contributed by atoms with van der Waals surface area (Å²) in [6.45, 7) is 2.70. The molecular formula is C24H36Cl2O4. The van der Waals surface area contributed by atoms with Gasteiger partial charge in [-0.1, -0.05) is 94.3 Å². The van der Waals surface area contributed by atoms with Gasteiger partial charge < -0.3 is 9.47 Å². The number of ether oxygens (including phenoxy) is 2. The van der Waals surface area contributed by atoms with E-state index in [-0.39, 0.29) is 18.8 Å². The molecule has 0 N–H and O–H groups in total. The predicted molar refractivity (Wildman–Crippen MR) is 123 cm³/mol. The molecule has 1 aromatic rings. The summed E-state index contributed by atoms with van der Waals surface area (Å²) in [5.41, 5.74) is 0. The van der Waals surface area contributed by atoms with E-state index >= 15 is 0 Å². The molecule has 0 radical (unpaired) electrons. The topological polar surface area (TPSA) is 52.6 Å². The molecule has 0 amide bonds. The summed E-state index contributed by atoms with van der Waals surface area (Å²) < 4.78 is 10.4. The summed E-state index contributed by atoms with van der Waals surface area (Å²) >= 11 is 11.7. The Kier molecular flexibility index (Phi) is 15.6. The fourth-order valence-corrected chi connectivity index (χ4v) is 3.68. The van der Waals surface area contributed by atoms with Crippen LogP contribution in [0, 0.1) is 0 Å². The fraction of sp³-hybridized carbons (Fsp3) is 0.667. The third-order valence-corrected chi connectivity index (χ3v) is 5.28. The van der Waals surface area contributed by atoms with Gasteiger partial charge in [-0.2, -0.15) is 0 Å². The van der Waals surface area contributed by atoms with Gasteiger partial charge in [0.2, 0.25) is 0 Å². The largest absolute Gasteiger partial charge is 0.466 e. The third kappa shape index (κ3) is 14.7. The minimum absolute atomic E-state index is 0.137. The number of unbranched alkanes of at least 4 members (excludes halogenated alkanes) is 10. The molecule has 170 valence electrons. The standard InChI is InChI=1S/C24H36Cl2O4/c1-2-3-4-5-6-7-8-9-10-11-12-16-29-23(27)14-13-15-24(28)30-22-18-20(25)17-21(26)19-22/h17-19H,2-16H2,1H3. The maximum atomic E-state index is 11.8. The van der Waals surface area contributed by atoms with Crippen molar-refractivity contribution in [1.29, 1.82) is 0 Å². The molecule has 0 aromatic heterocycles. The summed E-state index contributed by atoms with van der Waals surface area (Å²) in [7, 11) is 0. The van der Waals surface area contributed by atoms with Crippen molar-refractivity contribution in [3.63, 3.8) is 0 Å². The SMILES string of the molecule is CCCCCCCCCCCCCOC(=O)CCCC(=O)Oc1cc(Cl)cc(Cl)c1. The maximum absolute atomic E-state index is 11.8. The Balaban J connectivity index is 1.94.